The summed E-state index contributed by atoms with van der Waals surface area (Å²) in [5, 5.41) is 12.0. The first kappa shape index (κ1) is 15.5. The van der Waals surface area contributed by atoms with Crippen LogP contribution in [0.2, 0.25) is 0 Å². The summed E-state index contributed by atoms with van der Waals surface area (Å²) in [5.74, 6) is 0.643. The van der Waals surface area contributed by atoms with Crippen molar-refractivity contribution in [3.63, 3.8) is 0 Å². The van der Waals surface area contributed by atoms with Gasteiger partial charge in [0, 0.05) is 17.3 Å². The van der Waals surface area contributed by atoms with Gasteiger partial charge in [-0.2, -0.15) is 15.4 Å². The van der Waals surface area contributed by atoms with E-state index >= 15 is 0 Å². The molecule has 0 fully saturated rings. The molecule has 7 heteroatoms. The molecule has 0 atom stereocenters. The van der Waals surface area contributed by atoms with E-state index in [0.717, 1.165) is 39.6 Å². The van der Waals surface area contributed by atoms with Gasteiger partial charge in [0.1, 0.15) is 16.4 Å². The maximum atomic E-state index is 5.21. The Labute approximate surface area is 148 Å². The molecule has 2 aromatic heterocycles. The fourth-order valence-corrected chi connectivity index (χ4v) is 2.82. The number of hydrogen-bond acceptors (Lipinski definition) is 5. The van der Waals surface area contributed by atoms with Crippen molar-refractivity contribution in [3.05, 3.63) is 72.9 Å². The van der Waals surface area contributed by atoms with Crippen molar-refractivity contribution < 1.29 is 9.22 Å². The molecule has 0 aliphatic rings. The Morgan fingerprint density at radius 3 is 2.24 bits per heavy atom. The number of nitrogens with zero attached hydrogens (tertiary/aromatic N) is 2. The van der Waals surface area contributed by atoms with Crippen LogP contribution in [0.4, 0.5) is 0 Å². The Hall–Kier alpha value is -3.03. The lowest BCUT2D eigenvalue weighted by atomic mass is 10.1. The highest BCUT2D eigenvalue weighted by atomic mass is 32.2. The summed E-state index contributed by atoms with van der Waals surface area (Å²) in [4.78, 5) is 8.35. The van der Waals surface area contributed by atoms with Gasteiger partial charge < -0.3 is 9.87 Å². The minimum atomic E-state index is 0.643. The van der Waals surface area contributed by atoms with E-state index in [1.54, 1.807) is 0 Å². The predicted molar refractivity (Wildman–Crippen MR) is 95.6 cm³/mol. The molecular formula is C18H14N4O2S. The molecule has 0 aliphatic carbocycles. The van der Waals surface area contributed by atoms with Gasteiger partial charge in [0.05, 0.1) is 12.0 Å². The van der Waals surface area contributed by atoms with Gasteiger partial charge >= 0.3 is 0 Å². The topological polar surface area (TPSA) is 75.8 Å². The summed E-state index contributed by atoms with van der Waals surface area (Å²) in [6, 6.07) is 21.2. The van der Waals surface area contributed by atoms with Crippen LogP contribution in [0.3, 0.4) is 0 Å². The van der Waals surface area contributed by atoms with Crippen LogP contribution in [0.5, 0.6) is 5.75 Å². The number of benzene rings is 2. The molecule has 6 nitrogen and oxygen atoms in total. The molecule has 4 rings (SSSR count). The standard InChI is InChI=1S/C18H14N4O2S/c1-3-7-13(8-4-1)17-18(21-22-20-17)14-11-16(19-12-14)25-24-23-15-9-5-2-6-10-15/h1-12,19H,(H,20,21,22). The largest absolute Gasteiger partial charge is 0.354 e. The molecule has 0 saturated carbocycles. The molecule has 124 valence electrons. The number of hydrogen-bond donors (Lipinski definition) is 2. The zero-order chi connectivity index (χ0) is 16.9. The molecule has 0 radical (unpaired) electrons. The molecule has 4 aromatic rings. The number of aromatic amines is 2. The van der Waals surface area contributed by atoms with Crippen LogP contribution >= 0.6 is 12.0 Å². The lowest BCUT2D eigenvalue weighted by molar-refractivity contribution is -0.0779. The first-order chi connectivity index (χ1) is 12.4. The van der Waals surface area contributed by atoms with Gasteiger partial charge in [-0.25, -0.2) is 0 Å². The molecule has 2 N–H and O–H groups in total. The second kappa shape index (κ2) is 7.25. The molecular weight excluding hydrogens is 336 g/mol. The van der Waals surface area contributed by atoms with Crippen molar-refractivity contribution in [2.45, 2.75) is 5.03 Å². The molecule has 2 aromatic carbocycles. The Balaban J connectivity index is 1.46. The summed E-state index contributed by atoms with van der Waals surface area (Å²) >= 11 is 1.10. The summed E-state index contributed by atoms with van der Waals surface area (Å²) in [5.41, 5.74) is 3.50. The lowest BCUT2D eigenvalue weighted by Crippen LogP contribution is -1.88. The minimum Gasteiger partial charge on any atom is -0.354 e. The van der Waals surface area contributed by atoms with Gasteiger partial charge in [0.25, 0.3) is 0 Å². The molecule has 0 saturated heterocycles. The molecule has 0 bridgehead atoms. The smallest absolute Gasteiger partial charge is 0.166 e. The van der Waals surface area contributed by atoms with Crippen molar-refractivity contribution >= 4 is 12.0 Å². The molecule has 25 heavy (non-hydrogen) atoms. The van der Waals surface area contributed by atoms with Crippen molar-refractivity contribution in [3.8, 4) is 28.3 Å². The van der Waals surface area contributed by atoms with Crippen LogP contribution in [0.1, 0.15) is 0 Å². The number of rotatable bonds is 6. The van der Waals surface area contributed by atoms with Gasteiger partial charge in [0.2, 0.25) is 0 Å². The Kier molecular flexibility index (Phi) is 4.49. The highest BCUT2D eigenvalue weighted by Crippen LogP contribution is 2.31. The number of nitrogens with one attached hydrogen (secondary N) is 2. The third-order valence-electron chi connectivity index (χ3n) is 3.52. The maximum Gasteiger partial charge on any atom is 0.166 e. The summed E-state index contributed by atoms with van der Waals surface area (Å²) in [7, 11) is 0. The fourth-order valence-electron chi connectivity index (χ4n) is 2.36. The van der Waals surface area contributed by atoms with E-state index in [2.05, 4.69) is 20.4 Å². The van der Waals surface area contributed by atoms with Crippen molar-refractivity contribution in [1.82, 2.24) is 20.4 Å². The highest BCUT2D eigenvalue weighted by molar-refractivity contribution is 7.94. The van der Waals surface area contributed by atoms with E-state index < -0.39 is 0 Å². The molecule has 2 heterocycles. The SMILES string of the molecule is c1ccc(OOSc2cc(-c3n[nH]nc3-c3ccccc3)c[nH]2)cc1. The van der Waals surface area contributed by atoms with Crippen LogP contribution in [0, 0.1) is 0 Å². The third kappa shape index (κ3) is 3.57. The minimum absolute atomic E-state index is 0.643. The van der Waals surface area contributed by atoms with E-state index in [-0.39, 0.29) is 0 Å². The summed E-state index contributed by atoms with van der Waals surface area (Å²) < 4.78 is 5.19. The average Bonchev–Trinajstić information content (AvgIpc) is 3.32. The molecule has 0 spiro atoms. The predicted octanol–water partition coefficient (Wildman–Crippen LogP) is 4.48. The van der Waals surface area contributed by atoms with E-state index in [9.17, 15) is 0 Å². The number of aromatic nitrogens is 4. The number of H-pyrrole nitrogens is 2. The number of para-hydroxylation sites is 1. The Morgan fingerprint density at radius 1 is 0.800 bits per heavy atom. The van der Waals surface area contributed by atoms with Crippen LogP contribution in [0.15, 0.2) is 78.0 Å². The van der Waals surface area contributed by atoms with Crippen molar-refractivity contribution in [2.24, 2.45) is 0 Å². The zero-order valence-electron chi connectivity index (χ0n) is 13.0. The average molecular weight is 350 g/mol. The fraction of sp³-hybridized carbons (Fsp3) is 0. The first-order valence-corrected chi connectivity index (χ1v) is 8.35. The quantitative estimate of drug-likeness (QED) is 0.304. The Bertz CT molecular complexity index is 938. The van der Waals surface area contributed by atoms with Crippen LogP contribution in [-0.2, 0) is 4.33 Å². The van der Waals surface area contributed by atoms with Gasteiger partial charge in [-0.05, 0) is 18.2 Å². The summed E-state index contributed by atoms with van der Waals surface area (Å²) in [6.45, 7) is 0. The van der Waals surface area contributed by atoms with E-state index in [1.165, 1.54) is 0 Å². The summed E-state index contributed by atoms with van der Waals surface area (Å²) in [6.07, 6.45) is 1.86. The van der Waals surface area contributed by atoms with Gasteiger partial charge in [-0.1, -0.05) is 48.5 Å². The third-order valence-corrected chi connectivity index (χ3v) is 4.07. The van der Waals surface area contributed by atoms with Crippen molar-refractivity contribution in [2.75, 3.05) is 0 Å². The lowest BCUT2D eigenvalue weighted by Gasteiger charge is -2.01. The normalized spacial score (nSPS) is 10.7. The highest BCUT2D eigenvalue weighted by Gasteiger charge is 2.14. The molecule has 0 aliphatic heterocycles. The maximum absolute atomic E-state index is 5.21. The first-order valence-electron chi connectivity index (χ1n) is 7.61. The van der Waals surface area contributed by atoms with Crippen LogP contribution < -0.4 is 4.89 Å². The van der Waals surface area contributed by atoms with Crippen LogP contribution in [0.25, 0.3) is 22.5 Å². The monoisotopic (exact) mass is 350 g/mol. The van der Waals surface area contributed by atoms with E-state index in [4.69, 9.17) is 9.22 Å². The molecule has 0 amide bonds. The second-order valence-corrected chi connectivity index (χ2v) is 5.93. The van der Waals surface area contributed by atoms with Crippen LogP contribution in [-0.4, -0.2) is 20.4 Å². The van der Waals surface area contributed by atoms with Crippen molar-refractivity contribution in [1.29, 1.82) is 0 Å². The second-order valence-electron chi connectivity index (χ2n) is 5.19. The van der Waals surface area contributed by atoms with E-state index in [0.29, 0.717) is 5.75 Å². The van der Waals surface area contributed by atoms with E-state index in [1.807, 2.05) is 72.9 Å². The zero-order valence-corrected chi connectivity index (χ0v) is 13.9. The molecule has 0 unspecified atom stereocenters. The van der Waals surface area contributed by atoms with Gasteiger partial charge in [0.15, 0.2) is 5.75 Å². The van der Waals surface area contributed by atoms with Gasteiger partial charge in [-0.3, -0.25) is 0 Å². The Morgan fingerprint density at radius 2 is 1.48 bits per heavy atom. The van der Waals surface area contributed by atoms with Gasteiger partial charge in [-0.15, -0.1) is 4.33 Å².